The van der Waals surface area contributed by atoms with Crippen molar-refractivity contribution in [1.82, 2.24) is 0 Å². The van der Waals surface area contributed by atoms with Gasteiger partial charge in [-0.15, -0.1) is 0 Å². The molecule has 106 heavy (non-hydrogen) atoms. The summed E-state index contributed by atoms with van der Waals surface area (Å²) in [7, 11) is 1.47. The van der Waals surface area contributed by atoms with Crippen LogP contribution < -0.4 is 0 Å². The van der Waals surface area contributed by atoms with Crippen LogP contribution in [0.5, 0.6) is 0 Å². The van der Waals surface area contributed by atoms with Gasteiger partial charge in [0.1, 0.15) is 19.8 Å². The molecule has 0 fully saturated rings. The third-order valence-electron chi connectivity index (χ3n) is 18.4. The standard InChI is InChI=1S/C96H162NO8P/c1-6-8-10-12-14-16-18-20-22-24-26-28-30-32-34-36-38-40-42-44-46-48-50-52-54-56-58-60-62-64-66-68-70-72-74-76-78-80-82-84-86-88-95(98)102-92-94(93-104-106(100,101)103-91-90-97(3,4)5)105-96(99)89-87-85-83-81-79-77-75-73-71-69-67-65-63-61-59-57-55-53-51-49-47-45-43-41-39-37-35-33-31-29-27-25-23-21-19-17-15-13-11-9-7-2/h8-11,14-17,20-23,26-29,32-35,39,41,45,47,51,53,57,59,63,65,94H,6-7,12-13,18-19,24-25,30-31,36-38,40,42-44,46,48-50,52,54-56,58,60-62,64,66-93H2,1-5H3/p+1/b10-8-,11-9-,16-14-,17-15-,22-20-,23-21-,28-26-,29-27-,34-32-,35-33-,41-39-,47-45-,53-51-,59-57-,65-63-. The molecular weight excluding hydrogens is 1330 g/mol. The molecule has 604 valence electrons. The van der Waals surface area contributed by atoms with Gasteiger partial charge in [0.15, 0.2) is 6.10 Å². The highest BCUT2D eigenvalue weighted by Crippen LogP contribution is 2.43. The molecular formula is C96H163NO8P+. The highest BCUT2D eigenvalue weighted by atomic mass is 31.2. The van der Waals surface area contributed by atoms with Gasteiger partial charge in [-0.05, 0) is 135 Å². The number of allylic oxidation sites excluding steroid dienone is 30. The van der Waals surface area contributed by atoms with Gasteiger partial charge in [-0.25, -0.2) is 4.57 Å². The Kier molecular flexibility index (Phi) is 80.3. The van der Waals surface area contributed by atoms with Crippen LogP contribution in [-0.2, 0) is 32.7 Å². The van der Waals surface area contributed by atoms with Gasteiger partial charge in [-0.1, -0.05) is 395 Å². The van der Waals surface area contributed by atoms with Crippen molar-refractivity contribution in [2.24, 2.45) is 0 Å². The van der Waals surface area contributed by atoms with Gasteiger partial charge in [0.25, 0.3) is 0 Å². The molecule has 0 aliphatic heterocycles. The summed E-state index contributed by atoms with van der Waals surface area (Å²) in [5.74, 6) is -0.797. The molecule has 0 heterocycles. The van der Waals surface area contributed by atoms with Crippen LogP contribution in [0, 0.1) is 0 Å². The number of rotatable bonds is 79. The van der Waals surface area contributed by atoms with Crippen molar-refractivity contribution in [3.63, 3.8) is 0 Å². The molecule has 0 saturated carbocycles. The predicted molar refractivity (Wildman–Crippen MR) is 463 cm³/mol. The largest absolute Gasteiger partial charge is 0.472 e. The van der Waals surface area contributed by atoms with E-state index in [2.05, 4.69) is 196 Å². The van der Waals surface area contributed by atoms with Crippen LogP contribution in [0.4, 0.5) is 0 Å². The SMILES string of the molecule is CC/C=C\C/C=C\C/C=C\C/C=C\C/C=C\C/C=C\C/C=C\C/C=C\C/C=C\C/C=C\CCCCCCCCCCCCC(=O)OC(COC(=O)CCCCCCCCCCCCCCCCCCCCCCCCCCC/C=C\C/C=C\C/C=C\C/C=C\C/C=C\CC)COP(=O)(O)OCC[N+](C)(C)C. The molecule has 0 amide bonds. The average Bonchev–Trinajstić information content (AvgIpc) is 0.908. The maximum atomic E-state index is 12.9. The van der Waals surface area contributed by atoms with E-state index in [1.165, 1.54) is 186 Å². The minimum atomic E-state index is -4.41. The summed E-state index contributed by atoms with van der Waals surface area (Å²) in [4.78, 5) is 36.1. The van der Waals surface area contributed by atoms with Gasteiger partial charge in [0.05, 0.1) is 27.7 Å². The number of carbonyl (C=O) groups is 2. The molecule has 0 spiro atoms. The van der Waals surface area contributed by atoms with E-state index >= 15 is 0 Å². The molecule has 0 saturated heterocycles. The van der Waals surface area contributed by atoms with Crippen molar-refractivity contribution < 1.29 is 42.1 Å². The van der Waals surface area contributed by atoms with Crippen molar-refractivity contribution in [2.45, 2.75) is 367 Å². The predicted octanol–water partition coefficient (Wildman–Crippen LogP) is 29.7. The molecule has 0 rings (SSSR count). The van der Waals surface area contributed by atoms with Crippen molar-refractivity contribution in [1.29, 1.82) is 0 Å². The number of likely N-dealkylation sites (N-methyl/N-ethyl adjacent to an activating group) is 1. The lowest BCUT2D eigenvalue weighted by molar-refractivity contribution is -0.870. The van der Waals surface area contributed by atoms with Crippen LogP contribution in [0.1, 0.15) is 361 Å². The maximum Gasteiger partial charge on any atom is 0.472 e. The number of nitrogens with zero attached hydrogens (tertiary/aromatic N) is 1. The topological polar surface area (TPSA) is 108 Å². The molecule has 0 aromatic heterocycles. The Morgan fingerprint density at radius 1 is 0.292 bits per heavy atom. The molecule has 2 atom stereocenters. The summed E-state index contributed by atoms with van der Waals surface area (Å²) in [5.41, 5.74) is 0. The van der Waals surface area contributed by atoms with Crippen LogP contribution in [-0.4, -0.2) is 74.9 Å². The number of hydrogen-bond donors (Lipinski definition) is 1. The third kappa shape index (κ3) is 88.0. The van der Waals surface area contributed by atoms with Crippen molar-refractivity contribution in [3.8, 4) is 0 Å². The zero-order valence-electron chi connectivity index (χ0n) is 69.1. The Labute approximate surface area is 654 Å². The fourth-order valence-electron chi connectivity index (χ4n) is 11.9. The average molecular weight is 1490 g/mol. The lowest BCUT2D eigenvalue weighted by Crippen LogP contribution is -2.37. The van der Waals surface area contributed by atoms with Crippen molar-refractivity contribution in [3.05, 3.63) is 182 Å². The molecule has 0 aromatic carbocycles. The Hall–Kier alpha value is -4.89. The van der Waals surface area contributed by atoms with Crippen molar-refractivity contribution >= 4 is 19.8 Å². The molecule has 0 aliphatic carbocycles. The number of phosphoric acid groups is 1. The first-order valence-corrected chi connectivity index (χ1v) is 45.0. The Balaban J connectivity index is 3.97. The summed E-state index contributed by atoms with van der Waals surface area (Å²) in [6, 6.07) is 0. The summed E-state index contributed by atoms with van der Waals surface area (Å²) in [6.45, 7) is 4.22. The lowest BCUT2D eigenvalue weighted by atomic mass is 10.0. The number of esters is 2. The van der Waals surface area contributed by atoms with E-state index in [9.17, 15) is 19.0 Å². The van der Waals surface area contributed by atoms with E-state index in [1.54, 1.807) is 0 Å². The fourth-order valence-corrected chi connectivity index (χ4v) is 12.6. The number of hydrogen-bond acceptors (Lipinski definition) is 7. The monoisotopic (exact) mass is 1490 g/mol. The summed E-state index contributed by atoms with van der Waals surface area (Å²) >= 11 is 0. The minimum Gasteiger partial charge on any atom is -0.462 e. The Morgan fingerprint density at radius 2 is 0.509 bits per heavy atom. The zero-order valence-corrected chi connectivity index (χ0v) is 70.0. The molecule has 0 aromatic rings. The summed E-state index contributed by atoms with van der Waals surface area (Å²) < 4.78 is 34.9. The number of quaternary nitrogens is 1. The highest BCUT2D eigenvalue weighted by Gasteiger charge is 2.27. The van der Waals surface area contributed by atoms with Crippen LogP contribution in [0.25, 0.3) is 0 Å². The molecule has 10 heteroatoms. The van der Waals surface area contributed by atoms with Crippen molar-refractivity contribution in [2.75, 3.05) is 47.5 Å². The van der Waals surface area contributed by atoms with Crippen LogP contribution in [0.15, 0.2) is 182 Å². The maximum absolute atomic E-state index is 12.9. The van der Waals surface area contributed by atoms with Crippen LogP contribution in [0.2, 0.25) is 0 Å². The quantitative estimate of drug-likeness (QED) is 0.0211. The first-order valence-electron chi connectivity index (χ1n) is 43.5. The summed E-state index contributed by atoms with van der Waals surface area (Å²) in [5, 5.41) is 0. The summed E-state index contributed by atoms with van der Waals surface area (Å²) in [6.07, 6.45) is 129. The first-order chi connectivity index (χ1) is 52.0. The van der Waals surface area contributed by atoms with Gasteiger partial charge in [-0.3, -0.25) is 18.6 Å². The first kappa shape index (κ1) is 101. The third-order valence-corrected chi connectivity index (χ3v) is 19.4. The second-order valence-corrected chi connectivity index (χ2v) is 31.3. The molecule has 9 nitrogen and oxygen atoms in total. The lowest BCUT2D eigenvalue weighted by Gasteiger charge is -2.24. The number of carbonyl (C=O) groups excluding carboxylic acids is 2. The molecule has 2 unspecified atom stereocenters. The molecule has 1 N–H and O–H groups in total. The molecule has 0 radical (unpaired) electrons. The normalized spacial score (nSPS) is 13.9. The number of phosphoric ester groups is 1. The van der Waals surface area contributed by atoms with Gasteiger partial charge in [0, 0.05) is 12.8 Å². The smallest absolute Gasteiger partial charge is 0.462 e. The van der Waals surface area contributed by atoms with Gasteiger partial charge in [-0.2, -0.15) is 0 Å². The Morgan fingerprint density at radius 3 is 0.755 bits per heavy atom. The van der Waals surface area contributed by atoms with Gasteiger partial charge >= 0.3 is 19.8 Å². The van der Waals surface area contributed by atoms with Gasteiger partial charge in [0.2, 0.25) is 0 Å². The Bertz CT molecular complexity index is 2460. The van der Waals surface area contributed by atoms with E-state index in [0.29, 0.717) is 17.4 Å². The minimum absolute atomic E-state index is 0.0253. The van der Waals surface area contributed by atoms with Gasteiger partial charge < -0.3 is 18.9 Å². The molecule has 0 aliphatic rings. The van der Waals surface area contributed by atoms with E-state index in [-0.39, 0.29) is 32.0 Å². The van der Waals surface area contributed by atoms with E-state index in [0.717, 1.165) is 141 Å². The van der Waals surface area contributed by atoms with Crippen LogP contribution >= 0.6 is 7.82 Å². The zero-order chi connectivity index (χ0) is 76.8. The fraction of sp³-hybridized carbons (Fsp3) is 0.667. The second-order valence-electron chi connectivity index (χ2n) is 29.8. The highest BCUT2D eigenvalue weighted by molar-refractivity contribution is 7.47. The van der Waals surface area contributed by atoms with E-state index in [1.807, 2.05) is 21.1 Å². The molecule has 0 bridgehead atoms. The number of ether oxygens (including phenoxy) is 2. The van der Waals surface area contributed by atoms with E-state index in [4.69, 9.17) is 18.5 Å². The number of unbranched alkanes of at least 4 members (excludes halogenated alkanes) is 35. The van der Waals surface area contributed by atoms with Crippen LogP contribution in [0.3, 0.4) is 0 Å². The second kappa shape index (κ2) is 84.1. The van der Waals surface area contributed by atoms with E-state index < -0.39 is 26.5 Å².